The molecule has 2 rings (SSSR count). The Morgan fingerprint density at radius 3 is 2.71 bits per heavy atom. The molecular formula is C12H8FNO3. The van der Waals surface area contributed by atoms with Crippen molar-refractivity contribution in [2.75, 3.05) is 0 Å². The molecule has 0 unspecified atom stereocenters. The molecule has 0 N–H and O–H groups in total. The summed E-state index contributed by atoms with van der Waals surface area (Å²) < 4.78 is 18.7. The third kappa shape index (κ3) is 2.57. The maximum atomic E-state index is 13.4. The van der Waals surface area contributed by atoms with Gasteiger partial charge in [0.2, 0.25) is 6.20 Å². The predicted octanol–water partition coefficient (Wildman–Crippen LogP) is 3.33. The number of benzene rings is 1. The summed E-state index contributed by atoms with van der Waals surface area (Å²) in [6.07, 6.45) is 1.98. The van der Waals surface area contributed by atoms with Gasteiger partial charge < -0.3 is 4.42 Å². The molecule has 5 heteroatoms. The summed E-state index contributed by atoms with van der Waals surface area (Å²) in [5.74, 6) is 0.248. The molecular weight excluding hydrogens is 225 g/mol. The first kappa shape index (κ1) is 11.1. The first-order valence-corrected chi connectivity index (χ1v) is 4.83. The molecule has 86 valence electrons. The largest absolute Gasteiger partial charge is 0.456 e. The van der Waals surface area contributed by atoms with Crippen LogP contribution in [0.2, 0.25) is 0 Å². The van der Waals surface area contributed by atoms with Crippen molar-refractivity contribution in [2.45, 2.75) is 0 Å². The highest BCUT2D eigenvalue weighted by Crippen LogP contribution is 2.25. The van der Waals surface area contributed by atoms with Crippen LogP contribution in [0.3, 0.4) is 0 Å². The van der Waals surface area contributed by atoms with E-state index in [2.05, 4.69) is 0 Å². The van der Waals surface area contributed by atoms with E-state index < -0.39 is 10.7 Å². The smallest absolute Gasteiger partial charge is 0.238 e. The minimum Gasteiger partial charge on any atom is -0.456 e. The lowest BCUT2D eigenvalue weighted by Gasteiger charge is -1.97. The van der Waals surface area contributed by atoms with Crippen LogP contribution in [0.25, 0.3) is 17.4 Å². The maximum absolute atomic E-state index is 13.4. The number of rotatable bonds is 3. The minimum atomic E-state index is -0.592. The topological polar surface area (TPSA) is 56.3 Å². The number of hydrogen-bond acceptors (Lipinski definition) is 3. The Labute approximate surface area is 96.1 Å². The van der Waals surface area contributed by atoms with Gasteiger partial charge in [-0.25, -0.2) is 4.39 Å². The second-order valence-electron chi connectivity index (χ2n) is 3.28. The Kier molecular flexibility index (Phi) is 3.00. The SMILES string of the molecule is O=[N+]([O-])C=Cc1ccc(-c2ccccc2F)o1. The predicted molar refractivity (Wildman–Crippen MR) is 60.1 cm³/mol. The second-order valence-corrected chi connectivity index (χ2v) is 3.28. The van der Waals surface area contributed by atoms with Crippen molar-refractivity contribution >= 4 is 6.08 Å². The zero-order valence-corrected chi connectivity index (χ0v) is 8.67. The van der Waals surface area contributed by atoms with E-state index in [1.807, 2.05) is 0 Å². The van der Waals surface area contributed by atoms with Gasteiger partial charge in [-0.3, -0.25) is 10.1 Å². The number of halogens is 1. The molecule has 4 nitrogen and oxygen atoms in total. The van der Waals surface area contributed by atoms with Crippen molar-refractivity contribution in [3.05, 3.63) is 64.3 Å². The highest BCUT2D eigenvalue weighted by atomic mass is 19.1. The molecule has 0 fully saturated rings. The third-order valence-corrected chi connectivity index (χ3v) is 2.13. The van der Waals surface area contributed by atoms with Gasteiger partial charge in [0.05, 0.1) is 16.6 Å². The summed E-state index contributed by atoms with van der Waals surface area (Å²) in [6.45, 7) is 0. The van der Waals surface area contributed by atoms with Crippen molar-refractivity contribution in [1.29, 1.82) is 0 Å². The highest BCUT2D eigenvalue weighted by Gasteiger charge is 2.08. The second kappa shape index (κ2) is 4.61. The normalized spacial score (nSPS) is 10.9. The monoisotopic (exact) mass is 233 g/mol. The van der Waals surface area contributed by atoms with Crippen LogP contribution in [0.1, 0.15) is 5.76 Å². The van der Waals surface area contributed by atoms with Gasteiger partial charge in [-0.2, -0.15) is 0 Å². The lowest BCUT2D eigenvalue weighted by molar-refractivity contribution is -0.401. The van der Waals surface area contributed by atoms with Gasteiger partial charge in [-0.05, 0) is 24.3 Å². The summed E-state index contributed by atoms with van der Waals surface area (Å²) in [5.41, 5.74) is 0.327. The summed E-state index contributed by atoms with van der Waals surface area (Å²) in [4.78, 5) is 9.53. The lowest BCUT2D eigenvalue weighted by atomic mass is 10.1. The first-order chi connectivity index (χ1) is 8.16. The Bertz CT molecular complexity index is 575. The molecule has 1 heterocycles. The van der Waals surface area contributed by atoms with Crippen molar-refractivity contribution in [3.63, 3.8) is 0 Å². The van der Waals surface area contributed by atoms with Crippen LogP contribution in [0, 0.1) is 15.9 Å². The molecule has 0 spiro atoms. The molecule has 0 saturated carbocycles. The zero-order chi connectivity index (χ0) is 12.3. The average molecular weight is 233 g/mol. The fourth-order valence-electron chi connectivity index (χ4n) is 1.38. The molecule has 0 bridgehead atoms. The van der Waals surface area contributed by atoms with Crippen LogP contribution >= 0.6 is 0 Å². The van der Waals surface area contributed by atoms with E-state index in [0.717, 1.165) is 6.20 Å². The standard InChI is InChI=1S/C12H8FNO3/c13-11-4-2-1-3-10(11)12-6-5-9(17-12)7-8-14(15)16/h1-8H. The molecule has 0 aliphatic rings. The van der Waals surface area contributed by atoms with Gasteiger partial charge in [0.15, 0.2) is 0 Å². The van der Waals surface area contributed by atoms with E-state index in [4.69, 9.17) is 4.42 Å². The van der Waals surface area contributed by atoms with E-state index in [-0.39, 0.29) is 0 Å². The van der Waals surface area contributed by atoms with E-state index in [0.29, 0.717) is 17.1 Å². The number of nitrogens with zero attached hydrogens (tertiary/aromatic N) is 1. The Morgan fingerprint density at radius 1 is 1.24 bits per heavy atom. The Hall–Kier alpha value is -2.43. The molecule has 17 heavy (non-hydrogen) atoms. The zero-order valence-electron chi connectivity index (χ0n) is 8.67. The van der Waals surface area contributed by atoms with Crippen molar-refractivity contribution in [3.8, 4) is 11.3 Å². The molecule has 0 aliphatic heterocycles. The van der Waals surface area contributed by atoms with Gasteiger partial charge in [0, 0.05) is 0 Å². The molecule has 1 aromatic carbocycles. The third-order valence-electron chi connectivity index (χ3n) is 2.13. The quantitative estimate of drug-likeness (QED) is 0.603. The summed E-state index contributed by atoms with van der Waals surface area (Å²) in [7, 11) is 0. The number of furan rings is 1. The van der Waals surface area contributed by atoms with Crippen LogP contribution in [-0.2, 0) is 0 Å². The molecule has 0 atom stereocenters. The van der Waals surface area contributed by atoms with Crippen LogP contribution in [0.5, 0.6) is 0 Å². The minimum absolute atomic E-state index is 0.306. The summed E-state index contributed by atoms with van der Waals surface area (Å²) >= 11 is 0. The Morgan fingerprint density at radius 2 is 2.00 bits per heavy atom. The van der Waals surface area contributed by atoms with Crippen molar-refractivity contribution < 1.29 is 13.7 Å². The first-order valence-electron chi connectivity index (χ1n) is 4.83. The average Bonchev–Trinajstić information content (AvgIpc) is 2.75. The summed E-state index contributed by atoms with van der Waals surface area (Å²) in [5, 5.41) is 10.1. The van der Waals surface area contributed by atoms with Gasteiger partial charge in [0.1, 0.15) is 17.3 Å². The molecule has 0 radical (unpaired) electrons. The molecule has 0 amide bonds. The van der Waals surface area contributed by atoms with E-state index in [9.17, 15) is 14.5 Å². The van der Waals surface area contributed by atoms with Gasteiger partial charge >= 0.3 is 0 Å². The number of hydrogen-bond donors (Lipinski definition) is 0. The van der Waals surface area contributed by atoms with E-state index >= 15 is 0 Å². The Balaban J connectivity index is 2.30. The fraction of sp³-hybridized carbons (Fsp3) is 0. The lowest BCUT2D eigenvalue weighted by Crippen LogP contribution is -1.81. The molecule has 2 aromatic rings. The van der Waals surface area contributed by atoms with Crippen LogP contribution in [-0.4, -0.2) is 4.92 Å². The highest BCUT2D eigenvalue weighted by molar-refractivity contribution is 5.60. The van der Waals surface area contributed by atoms with Crippen LogP contribution in [0.4, 0.5) is 4.39 Å². The van der Waals surface area contributed by atoms with E-state index in [1.54, 1.807) is 30.3 Å². The molecule has 0 saturated heterocycles. The summed E-state index contributed by atoms with van der Waals surface area (Å²) in [6, 6.07) is 9.28. The fourth-order valence-corrected chi connectivity index (χ4v) is 1.38. The van der Waals surface area contributed by atoms with Gasteiger partial charge in [0.25, 0.3) is 0 Å². The molecule has 0 aliphatic carbocycles. The van der Waals surface area contributed by atoms with E-state index in [1.165, 1.54) is 12.1 Å². The van der Waals surface area contributed by atoms with Crippen molar-refractivity contribution in [2.24, 2.45) is 0 Å². The van der Waals surface area contributed by atoms with Crippen LogP contribution in [0.15, 0.2) is 47.0 Å². The number of nitro groups is 1. The van der Waals surface area contributed by atoms with Crippen LogP contribution < -0.4 is 0 Å². The van der Waals surface area contributed by atoms with Gasteiger partial charge in [-0.1, -0.05) is 12.1 Å². The maximum Gasteiger partial charge on any atom is 0.238 e. The van der Waals surface area contributed by atoms with Gasteiger partial charge in [-0.15, -0.1) is 0 Å². The molecule has 1 aromatic heterocycles. The van der Waals surface area contributed by atoms with Crippen molar-refractivity contribution in [1.82, 2.24) is 0 Å².